The van der Waals surface area contributed by atoms with Crippen molar-refractivity contribution >= 4 is 23.2 Å². The van der Waals surface area contributed by atoms with Crippen LogP contribution in [0.4, 0.5) is 5.69 Å². The molecule has 0 atom stereocenters. The van der Waals surface area contributed by atoms with E-state index in [9.17, 15) is 9.59 Å². The Kier molecular flexibility index (Phi) is 4.14. The minimum Gasteiger partial charge on any atom is -0.277 e. The first-order chi connectivity index (χ1) is 9.52. The Morgan fingerprint density at radius 3 is 2.80 bits per heavy atom. The van der Waals surface area contributed by atoms with Crippen LogP contribution < -0.4 is 10.5 Å². The van der Waals surface area contributed by atoms with E-state index in [4.69, 9.17) is 0 Å². The van der Waals surface area contributed by atoms with Gasteiger partial charge in [0.2, 0.25) is 5.91 Å². The summed E-state index contributed by atoms with van der Waals surface area (Å²) in [6.07, 6.45) is 0.568. The molecule has 20 heavy (non-hydrogen) atoms. The Balaban J connectivity index is 2.37. The van der Waals surface area contributed by atoms with Gasteiger partial charge in [-0.2, -0.15) is 5.10 Å². The van der Waals surface area contributed by atoms with Crippen molar-refractivity contribution in [3.8, 4) is 0 Å². The van der Waals surface area contributed by atoms with Crippen LogP contribution >= 0.6 is 0 Å². The van der Waals surface area contributed by atoms with Gasteiger partial charge in [0, 0.05) is 12.8 Å². The number of hydrazone groups is 1. The maximum absolute atomic E-state index is 12.0. The lowest BCUT2D eigenvalue weighted by molar-refractivity contribution is -0.124. The summed E-state index contributed by atoms with van der Waals surface area (Å²) in [5.41, 5.74) is 5.17. The molecule has 0 bridgehead atoms. The summed E-state index contributed by atoms with van der Waals surface area (Å²) < 4.78 is 0. The van der Waals surface area contributed by atoms with Gasteiger partial charge in [-0.25, -0.2) is 10.5 Å². The second kappa shape index (κ2) is 5.83. The van der Waals surface area contributed by atoms with Crippen molar-refractivity contribution in [1.82, 2.24) is 5.48 Å². The normalized spacial score (nSPS) is 15.1. The topological polar surface area (TPSA) is 71.0 Å². The molecule has 0 saturated heterocycles. The van der Waals surface area contributed by atoms with Crippen LogP contribution in [0.3, 0.4) is 0 Å². The molecular formula is C14H17N3O3. The van der Waals surface area contributed by atoms with Crippen molar-refractivity contribution in [3.05, 3.63) is 29.3 Å². The first kappa shape index (κ1) is 14.2. The van der Waals surface area contributed by atoms with E-state index in [2.05, 4.69) is 15.4 Å². The largest absolute Gasteiger partial charge is 0.291 e. The molecule has 6 nitrogen and oxygen atoms in total. The molecular weight excluding hydrogens is 258 g/mol. The number of carbonyl (C=O) groups is 2. The SMILES string of the molecule is CONC(=O)C1=NN(c2cc(C)ccc2C)C(=O)CC1. The summed E-state index contributed by atoms with van der Waals surface area (Å²) in [4.78, 5) is 28.4. The number of aryl methyl sites for hydroxylation is 2. The van der Waals surface area contributed by atoms with Crippen LogP contribution in [0.1, 0.15) is 24.0 Å². The predicted molar refractivity (Wildman–Crippen MR) is 75.2 cm³/mol. The van der Waals surface area contributed by atoms with Crippen LogP contribution in [0.2, 0.25) is 0 Å². The summed E-state index contributed by atoms with van der Waals surface area (Å²) in [7, 11) is 1.36. The Hall–Kier alpha value is -2.21. The van der Waals surface area contributed by atoms with E-state index in [0.717, 1.165) is 11.1 Å². The zero-order valence-electron chi connectivity index (χ0n) is 11.8. The number of benzene rings is 1. The van der Waals surface area contributed by atoms with Crippen LogP contribution in [0.25, 0.3) is 0 Å². The standard InChI is InChI=1S/C14H17N3O3/c1-9-4-5-10(2)12(8-9)17-13(18)7-6-11(15-17)14(19)16-20-3/h4-5,8H,6-7H2,1-3H3,(H,16,19). The van der Waals surface area contributed by atoms with Gasteiger partial charge >= 0.3 is 0 Å². The monoisotopic (exact) mass is 275 g/mol. The number of amides is 2. The fraction of sp³-hybridized carbons (Fsp3) is 0.357. The zero-order valence-corrected chi connectivity index (χ0v) is 11.8. The van der Waals surface area contributed by atoms with E-state index < -0.39 is 5.91 Å². The lowest BCUT2D eigenvalue weighted by Gasteiger charge is -2.24. The highest BCUT2D eigenvalue weighted by Crippen LogP contribution is 2.25. The third-order valence-corrected chi connectivity index (χ3v) is 3.08. The molecule has 0 unspecified atom stereocenters. The van der Waals surface area contributed by atoms with Gasteiger partial charge < -0.3 is 0 Å². The maximum atomic E-state index is 12.0. The highest BCUT2D eigenvalue weighted by molar-refractivity contribution is 6.40. The van der Waals surface area contributed by atoms with Gasteiger partial charge in [0.1, 0.15) is 5.71 Å². The lowest BCUT2D eigenvalue weighted by Crippen LogP contribution is -2.39. The molecule has 1 aliphatic heterocycles. The quantitative estimate of drug-likeness (QED) is 0.849. The molecule has 0 saturated carbocycles. The fourth-order valence-corrected chi connectivity index (χ4v) is 2.00. The van der Waals surface area contributed by atoms with Gasteiger partial charge in [0.25, 0.3) is 5.91 Å². The van der Waals surface area contributed by atoms with Crippen molar-refractivity contribution in [2.75, 3.05) is 12.1 Å². The van der Waals surface area contributed by atoms with Crippen LogP contribution in [0.5, 0.6) is 0 Å². The predicted octanol–water partition coefficient (Wildman–Crippen LogP) is 1.46. The smallest absolute Gasteiger partial charge is 0.277 e. The number of anilines is 1. The molecule has 1 aromatic rings. The summed E-state index contributed by atoms with van der Waals surface area (Å²) in [6.45, 7) is 3.85. The van der Waals surface area contributed by atoms with Gasteiger partial charge in [0.15, 0.2) is 0 Å². The van der Waals surface area contributed by atoms with Gasteiger partial charge in [-0.15, -0.1) is 0 Å². The highest BCUT2D eigenvalue weighted by Gasteiger charge is 2.26. The molecule has 0 radical (unpaired) electrons. The van der Waals surface area contributed by atoms with Crippen LogP contribution in [0.15, 0.2) is 23.3 Å². The molecule has 0 fully saturated rings. The molecule has 1 aliphatic rings. The highest BCUT2D eigenvalue weighted by atomic mass is 16.6. The molecule has 0 aliphatic carbocycles. The average Bonchev–Trinajstić information content (AvgIpc) is 2.42. The molecule has 106 valence electrons. The maximum Gasteiger partial charge on any atom is 0.291 e. The van der Waals surface area contributed by atoms with Crippen molar-refractivity contribution in [3.63, 3.8) is 0 Å². The first-order valence-electron chi connectivity index (χ1n) is 6.34. The number of nitrogens with one attached hydrogen (secondary N) is 1. The number of hydrogen-bond acceptors (Lipinski definition) is 4. The number of rotatable bonds is 3. The van der Waals surface area contributed by atoms with E-state index in [1.807, 2.05) is 32.0 Å². The van der Waals surface area contributed by atoms with Gasteiger partial charge in [-0.3, -0.25) is 14.4 Å². The third kappa shape index (κ3) is 2.85. The van der Waals surface area contributed by atoms with Crippen molar-refractivity contribution in [2.45, 2.75) is 26.7 Å². The van der Waals surface area contributed by atoms with E-state index in [-0.39, 0.29) is 18.0 Å². The van der Waals surface area contributed by atoms with Crippen LogP contribution in [0, 0.1) is 13.8 Å². The minimum absolute atomic E-state index is 0.118. The van der Waals surface area contributed by atoms with Crippen LogP contribution in [-0.2, 0) is 14.4 Å². The minimum atomic E-state index is -0.421. The molecule has 2 rings (SSSR count). The van der Waals surface area contributed by atoms with Crippen molar-refractivity contribution in [2.24, 2.45) is 5.10 Å². The summed E-state index contributed by atoms with van der Waals surface area (Å²) >= 11 is 0. The second-order valence-corrected chi connectivity index (χ2v) is 4.68. The third-order valence-electron chi connectivity index (χ3n) is 3.08. The Morgan fingerprint density at radius 2 is 2.10 bits per heavy atom. The van der Waals surface area contributed by atoms with E-state index in [1.54, 1.807) is 0 Å². The molecule has 0 aromatic heterocycles. The van der Waals surface area contributed by atoms with E-state index in [0.29, 0.717) is 12.1 Å². The molecule has 0 spiro atoms. The van der Waals surface area contributed by atoms with Crippen molar-refractivity contribution in [1.29, 1.82) is 0 Å². The van der Waals surface area contributed by atoms with E-state index >= 15 is 0 Å². The summed E-state index contributed by atoms with van der Waals surface area (Å²) in [5.74, 6) is -0.539. The lowest BCUT2D eigenvalue weighted by atomic mass is 10.1. The average molecular weight is 275 g/mol. The molecule has 1 heterocycles. The Morgan fingerprint density at radius 1 is 1.35 bits per heavy atom. The van der Waals surface area contributed by atoms with E-state index in [1.165, 1.54) is 12.1 Å². The zero-order chi connectivity index (χ0) is 14.7. The first-order valence-corrected chi connectivity index (χ1v) is 6.34. The number of hydrogen-bond donors (Lipinski definition) is 1. The Bertz CT molecular complexity index is 581. The molecule has 1 aromatic carbocycles. The van der Waals surface area contributed by atoms with Crippen molar-refractivity contribution < 1.29 is 14.4 Å². The molecule has 2 amide bonds. The second-order valence-electron chi connectivity index (χ2n) is 4.68. The number of carbonyl (C=O) groups excluding carboxylic acids is 2. The fourth-order valence-electron chi connectivity index (χ4n) is 2.00. The van der Waals surface area contributed by atoms with Crippen LogP contribution in [-0.4, -0.2) is 24.6 Å². The van der Waals surface area contributed by atoms with Gasteiger partial charge in [-0.1, -0.05) is 12.1 Å². The molecule has 6 heteroatoms. The summed E-state index contributed by atoms with van der Waals surface area (Å²) in [6, 6.07) is 5.78. The Labute approximate surface area is 117 Å². The summed E-state index contributed by atoms with van der Waals surface area (Å²) in [5, 5.41) is 5.46. The number of hydroxylamine groups is 1. The van der Waals surface area contributed by atoms with Gasteiger partial charge in [0.05, 0.1) is 12.8 Å². The molecule has 1 N–H and O–H groups in total. The number of nitrogens with zero attached hydrogens (tertiary/aromatic N) is 2. The van der Waals surface area contributed by atoms with Gasteiger partial charge in [-0.05, 0) is 31.0 Å².